The molecule has 1 aromatic carbocycles. The van der Waals surface area contributed by atoms with Gasteiger partial charge in [-0.1, -0.05) is 6.07 Å². The fourth-order valence-electron chi connectivity index (χ4n) is 2.70. The van der Waals surface area contributed by atoms with Gasteiger partial charge in [-0.05, 0) is 31.0 Å². The SMILES string of the molecule is COc1ccc2c(c1)OC[C@H](CNC(=O)c1cc[nH]c1C)C2. The van der Waals surface area contributed by atoms with Gasteiger partial charge in [0.05, 0.1) is 19.3 Å². The molecule has 0 saturated carbocycles. The molecular weight excluding hydrogens is 280 g/mol. The van der Waals surface area contributed by atoms with Gasteiger partial charge < -0.3 is 19.8 Å². The highest BCUT2D eigenvalue weighted by Gasteiger charge is 2.21. The van der Waals surface area contributed by atoms with E-state index in [1.54, 1.807) is 19.4 Å². The molecule has 1 atom stereocenters. The summed E-state index contributed by atoms with van der Waals surface area (Å²) in [4.78, 5) is 15.1. The topological polar surface area (TPSA) is 63.4 Å². The van der Waals surface area contributed by atoms with Gasteiger partial charge >= 0.3 is 0 Å². The second-order valence-electron chi connectivity index (χ2n) is 5.58. The first-order valence-corrected chi connectivity index (χ1v) is 7.39. The number of H-pyrrole nitrogens is 1. The number of aromatic amines is 1. The number of carbonyl (C=O) groups excluding carboxylic acids is 1. The lowest BCUT2D eigenvalue weighted by Crippen LogP contribution is -2.34. The summed E-state index contributed by atoms with van der Waals surface area (Å²) in [6.07, 6.45) is 2.67. The van der Waals surface area contributed by atoms with Crippen molar-refractivity contribution in [3.63, 3.8) is 0 Å². The van der Waals surface area contributed by atoms with Gasteiger partial charge in [0.1, 0.15) is 11.5 Å². The summed E-state index contributed by atoms with van der Waals surface area (Å²) in [6, 6.07) is 7.67. The van der Waals surface area contributed by atoms with Crippen molar-refractivity contribution in [2.24, 2.45) is 5.92 Å². The number of hydrogen-bond acceptors (Lipinski definition) is 3. The van der Waals surface area contributed by atoms with E-state index in [9.17, 15) is 4.79 Å². The van der Waals surface area contributed by atoms with Crippen molar-refractivity contribution >= 4 is 5.91 Å². The molecule has 0 saturated heterocycles. The Morgan fingerprint density at radius 1 is 1.45 bits per heavy atom. The van der Waals surface area contributed by atoms with Crippen molar-refractivity contribution in [1.82, 2.24) is 10.3 Å². The average molecular weight is 300 g/mol. The first kappa shape index (κ1) is 14.5. The summed E-state index contributed by atoms with van der Waals surface area (Å²) in [6.45, 7) is 3.10. The zero-order valence-electron chi connectivity index (χ0n) is 12.8. The highest BCUT2D eigenvalue weighted by atomic mass is 16.5. The quantitative estimate of drug-likeness (QED) is 0.911. The molecule has 0 fully saturated rings. The monoisotopic (exact) mass is 300 g/mol. The summed E-state index contributed by atoms with van der Waals surface area (Å²) in [5.41, 5.74) is 2.74. The minimum absolute atomic E-state index is 0.0423. The minimum atomic E-state index is -0.0423. The van der Waals surface area contributed by atoms with Crippen LogP contribution in [-0.2, 0) is 6.42 Å². The van der Waals surface area contributed by atoms with Crippen LogP contribution in [-0.4, -0.2) is 31.2 Å². The molecule has 5 nitrogen and oxygen atoms in total. The van der Waals surface area contributed by atoms with Crippen molar-refractivity contribution in [2.75, 3.05) is 20.3 Å². The predicted octanol–water partition coefficient (Wildman–Crippen LogP) is 2.31. The molecule has 1 aromatic heterocycles. The number of benzene rings is 1. The van der Waals surface area contributed by atoms with E-state index in [1.165, 1.54) is 0 Å². The van der Waals surface area contributed by atoms with Gasteiger partial charge in [-0.2, -0.15) is 0 Å². The van der Waals surface area contributed by atoms with Gasteiger partial charge in [0, 0.05) is 30.4 Å². The van der Waals surface area contributed by atoms with Crippen molar-refractivity contribution in [3.8, 4) is 11.5 Å². The van der Waals surface area contributed by atoms with Gasteiger partial charge in [-0.15, -0.1) is 0 Å². The third kappa shape index (κ3) is 2.93. The molecule has 0 bridgehead atoms. The number of amides is 1. The Bertz CT molecular complexity index is 678. The first-order valence-electron chi connectivity index (χ1n) is 7.39. The van der Waals surface area contributed by atoms with Gasteiger partial charge in [-0.25, -0.2) is 0 Å². The molecule has 0 spiro atoms. The summed E-state index contributed by atoms with van der Waals surface area (Å²) < 4.78 is 11.0. The molecule has 2 N–H and O–H groups in total. The molecule has 0 unspecified atom stereocenters. The van der Waals surface area contributed by atoms with Crippen LogP contribution in [0.5, 0.6) is 11.5 Å². The number of carbonyl (C=O) groups is 1. The Morgan fingerprint density at radius 3 is 3.05 bits per heavy atom. The maximum absolute atomic E-state index is 12.1. The molecule has 22 heavy (non-hydrogen) atoms. The molecule has 0 radical (unpaired) electrons. The van der Waals surface area contributed by atoms with E-state index in [2.05, 4.69) is 10.3 Å². The Labute approximate surface area is 129 Å². The third-order valence-electron chi connectivity index (χ3n) is 4.01. The van der Waals surface area contributed by atoms with E-state index in [4.69, 9.17) is 9.47 Å². The number of nitrogens with one attached hydrogen (secondary N) is 2. The van der Waals surface area contributed by atoms with E-state index in [0.717, 1.165) is 29.2 Å². The summed E-state index contributed by atoms with van der Waals surface area (Å²) in [5.74, 6) is 1.92. The number of ether oxygens (including phenoxy) is 2. The molecule has 5 heteroatoms. The number of methoxy groups -OCH3 is 1. The fraction of sp³-hybridized carbons (Fsp3) is 0.353. The van der Waals surface area contributed by atoms with Crippen LogP contribution in [0.3, 0.4) is 0 Å². The van der Waals surface area contributed by atoms with E-state index in [1.807, 2.05) is 25.1 Å². The second kappa shape index (κ2) is 6.13. The highest BCUT2D eigenvalue weighted by Crippen LogP contribution is 2.30. The summed E-state index contributed by atoms with van der Waals surface area (Å²) in [5, 5.41) is 2.99. The number of rotatable bonds is 4. The van der Waals surface area contributed by atoms with Crippen LogP contribution >= 0.6 is 0 Å². The van der Waals surface area contributed by atoms with Crippen LogP contribution < -0.4 is 14.8 Å². The number of fused-ring (bicyclic) bond motifs is 1. The van der Waals surface area contributed by atoms with Gasteiger partial charge in [-0.3, -0.25) is 4.79 Å². The molecule has 116 valence electrons. The minimum Gasteiger partial charge on any atom is -0.497 e. The summed E-state index contributed by atoms with van der Waals surface area (Å²) >= 11 is 0. The maximum Gasteiger partial charge on any atom is 0.253 e. The van der Waals surface area contributed by atoms with E-state index in [-0.39, 0.29) is 11.8 Å². The lowest BCUT2D eigenvalue weighted by atomic mass is 9.96. The maximum atomic E-state index is 12.1. The second-order valence-corrected chi connectivity index (χ2v) is 5.58. The largest absolute Gasteiger partial charge is 0.497 e. The highest BCUT2D eigenvalue weighted by molar-refractivity contribution is 5.95. The van der Waals surface area contributed by atoms with Crippen LogP contribution in [0.4, 0.5) is 0 Å². The number of hydrogen-bond donors (Lipinski definition) is 2. The average Bonchev–Trinajstić information content (AvgIpc) is 2.98. The lowest BCUT2D eigenvalue weighted by Gasteiger charge is -2.25. The molecule has 0 aliphatic carbocycles. The third-order valence-corrected chi connectivity index (χ3v) is 4.01. The van der Waals surface area contributed by atoms with E-state index >= 15 is 0 Å². The van der Waals surface area contributed by atoms with Crippen molar-refractivity contribution in [3.05, 3.63) is 47.3 Å². The lowest BCUT2D eigenvalue weighted by molar-refractivity contribution is 0.0938. The fourth-order valence-corrected chi connectivity index (χ4v) is 2.70. The number of aromatic nitrogens is 1. The Morgan fingerprint density at radius 2 is 2.32 bits per heavy atom. The van der Waals surface area contributed by atoms with Gasteiger partial charge in [0.25, 0.3) is 5.91 Å². The smallest absolute Gasteiger partial charge is 0.253 e. The van der Waals surface area contributed by atoms with Gasteiger partial charge in [0.2, 0.25) is 0 Å². The van der Waals surface area contributed by atoms with Crippen LogP contribution in [0.15, 0.2) is 30.5 Å². The molecule has 2 heterocycles. The van der Waals surface area contributed by atoms with Gasteiger partial charge in [0.15, 0.2) is 0 Å². The molecule has 3 rings (SSSR count). The number of aryl methyl sites for hydroxylation is 1. The Hall–Kier alpha value is -2.43. The van der Waals surface area contributed by atoms with Crippen LogP contribution in [0.1, 0.15) is 21.6 Å². The van der Waals surface area contributed by atoms with Crippen molar-refractivity contribution < 1.29 is 14.3 Å². The molecule has 1 amide bonds. The zero-order valence-corrected chi connectivity index (χ0v) is 12.8. The molecule has 1 aliphatic rings. The van der Waals surface area contributed by atoms with Crippen LogP contribution in [0.2, 0.25) is 0 Å². The van der Waals surface area contributed by atoms with Crippen LogP contribution in [0, 0.1) is 12.8 Å². The van der Waals surface area contributed by atoms with Crippen molar-refractivity contribution in [1.29, 1.82) is 0 Å². The summed E-state index contributed by atoms with van der Waals surface area (Å²) in [7, 11) is 1.64. The van der Waals surface area contributed by atoms with Crippen LogP contribution in [0.25, 0.3) is 0 Å². The zero-order chi connectivity index (χ0) is 15.5. The molecule has 1 aliphatic heterocycles. The normalized spacial score (nSPS) is 16.5. The molecule has 2 aromatic rings. The predicted molar refractivity (Wildman–Crippen MR) is 83.5 cm³/mol. The molecular formula is C17H20N2O3. The van der Waals surface area contributed by atoms with E-state index in [0.29, 0.717) is 18.7 Å². The standard InChI is InChI=1S/C17H20N2O3/c1-11-15(5-6-18-11)17(20)19-9-12-7-13-3-4-14(21-2)8-16(13)22-10-12/h3-6,8,12,18H,7,9-10H2,1-2H3,(H,19,20)/t12-/m0/s1. The van der Waals surface area contributed by atoms with Crippen molar-refractivity contribution in [2.45, 2.75) is 13.3 Å². The Balaban J connectivity index is 1.59. The Kier molecular flexibility index (Phi) is 4.04. The van der Waals surface area contributed by atoms with E-state index < -0.39 is 0 Å². The first-order chi connectivity index (χ1) is 10.7.